The van der Waals surface area contributed by atoms with Gasteiger partial charge in [-0.3, -0.25) is 0 Å². The minimum atomic E-state index is 0.525. The molecule has 0 fully saturated rings. The summed E-state index contributed by atoms with van der Waals surface area (Å²) in [6.07, 6.45) is 3.23. The molecule has 3 aromatic rings. The summed E-state index contributed by atoms with van der Waals surface area (Å²) < 4.78 is 5.26. The first-order valence-electron chi connectivity index (χ1n) is 5.52. The Bertz CT molecular complexity index is 645. The Kier molecular flexibility index (Phi) is 2.56. The lowest BCUT2D eigenvalue weighted by molar-refractivity contribution is 0.518. The zero-order chi connectivity index (χ0) is 12.4. The van der Waals surface area contributed by atoms with Gasteiger partial charge in [-0.05, 0) is 12.1 Å². The van der Waals surface area contributed by atoms with Gasteiger partial charge in [-0.1, -0.05) is 0 Å². The maximum Gasteiger partial charge on any atom is 0.226 e. The molecule has 3 rings (SSSR count). The Morgan fingerprint density at radius 1 is 1.39 bits per heavy atom. The van der Waals surface area contributed by atoms with E-state index in [1.807, 2.05) is 12.1 Å². The molecule has 18 heavy (non-hydrogen) atoms. The van der Waals surface area contributed by atoms with Crippen LogP contribution in [0.5, 0.6) is 0 Å². The van der Waals surface area contributed by atoms with Gasteiger partial charge in [0.25, 0.3) is 0 Å². The number of aromatic amines is 1. The highest BCUT2D eigenvalue weighted by Crippen LogP contribution is 2.19. The molecular weight excluding hydrogens is 232 g/mol. The molecule has 0 aliphatic rings. The summed E-state index contributed by atoms with van der Waals surface area (Å²) >= 11 is 0. The minimum absolute atomic E-state index is 0.525. The number of hydrogen-bond donors (Lipinski definition) is 3. The van der Waals surface area contributed by atoms with E-state index < -0.39 is 0 Å². The van der Waals surface area contributed by atoms with Crippen molar-refractivity contribution >= 4 is 22.9 Å². The first-order valence-corrected chi connectivity index (χ1v) is 5.52. The number of H-pyrrole nitrogens is 1. The molecule has 3 N–H and O–H groups in total. The Hall–Kier alpha value is -2.57. The second-order valence-corrected chi connectivity index (χ2v) is 3.68. The van der Waals surface area contributed by atoms with Crippen LogP contribution in [0.2, 0.25) is 0 Å². The Balaban J connectivity index is 1.92. The summed E-state index contributed by atoms with van der Waals surface area (Å²) in [6.45, 7) is 0.557. The minimum Gasteiger partial charge on any atom is -0.467 e. The monoisotopic (exact) mass is 244 g/mol. The van der Waals surface area contributed by atoms with Crippen molar-refractivity contribution in [2.24, 2.45) is 0 Å². The fraction of sp³-hybridized carbons (Fsp3) is 0.182. The summed E-state index contributed by atoms with van der Waals surface area (Å²) in [5, 5.41) is 6.10. The van der Waals surface area contributed by atoms with E-state index in [0.717, 1.165) is 11.3 Å². The van der Waals surface area contributed by atoms with Crippen molar-refractivity contribution in [3.8, 4) is 0 Å². The molecule has 0 atom stereocenters. The maximum atomic E-state index is 5.26. The van der Waals surface area contributed by atoms with Gasteiger partial charge in [-0.15, -0.1) is 0 Å². The first-order chi connectivity index (χ1) is 8.86. The van der Waals surface area contributed by atoms with E-state index in [0.29, 0.717) is 24.0 Å². The Morgan fingerprint density at radius 3 is 3.11 bits per heavy atom. The van der Waals surface area contributed by atoms with Crippen molar-refractivity contribution in [3.63, 3.8) is 0 Å². The van der Waals surface area contributed by atoms with E-state index in [2.05, 4.69) is 30.6 Å². The number of anilines is 2. The number of imidazole rings is 1. The zero-order valence-electron chi connectivity index (χ0n) is 9.77. The van der Waals surface area contributed by atoms with Crippen LogP contribution in [0.15, 0.2) is 29.1 Å². The predicted molar refractivity (Wildman–Crippen MR) is 67.3 cm³/mol. The molecule has 0 aliphatic heterocycles. The average molecular weight is 244 g/mol. The molecule has 92 valence electrons. The summed E-state index contributed by atoms with van der Waals surface area (Å²) in [5.41, 5.74) is 1.40. The molecule has 0 aromatic carbocycles. The number of hydrogen-bond acceptors (Lipinski definition) is 6. The first kappa shape index (κ1) is 10.6. The smallest absolute Gasteiger partial charge is 0.226 e. The van der Waals surface area contributed by atoms with Gasteiger partial charge in [0.2, 0.25) is 5.95 Å². The molecule has 0 spiro atoms. The van der Waals surface area contributed by atoms with Gasteiger partial charge in [-0.25, -0.2) is 4.98 Å². The van der Waals surface area contributed by atoms with Gasteiger partial charge in [-0.2, -0.15) is 9.97 Å². The fourth-order valence-electron chi connectivity index (χ4n) is 1.66. The van der Waals surface area contributed by atoms with Crippen LogP contribution in [0.25, 0.3) is 11.2 Å². The predicted octanol–water partition coefficient (Wildman–Crippen LogP) is 1.60. The van der Waals surface area contributed by atoms with Crippen molar-refractivity contribution in [1.82, 2.24) is 19.9 Å². The van der Waals surface area contributed by atoms with Crippen LogP contribution < -0.4 is 10.6 Å². The van der Waals surface area contributed by atoms with Crippen LogP contribution in [0.3, 0.4) is 0 Å². The molecule has 7 heteroatoms. The van der Waals surface area contributed by atoms with Crippen LogP contribution in [0, 0.1) is 0 Å². The Morgan fingerprint density at radius 2 is 2.33 bits per heavy atom. The molecule has 0 aliphatic carbocycles. The van der Waals surface area contributed by atoms with E-state index in [9.17, 15) is 0 Å². The lowest BCUT2D eigenvalue weighted by atomic mass is 10.4. The third kappa shape index (κ3) is 1.86. The standard InChI is InChI=1S/C11H12N6O/c1-12-11-16-9(8-10(17-11)15-6-14-8)13-5-7-3-2-4-18-7/h2-4,6H,5H2,1H3,(H3,12,13,14,15,16,17). The van der Waals surface area contributed by atoms with Gasteiger partial charge in [0.1, 0.15) is 11.3 Å². The molecule has 3 aromatic heterocycles. The van der Waals surface area contributed by atoms with Gasteiger partial charge >= 0.3 is 0 Å². The number of nitrogens with zero attached hydrogens (tertiary/aromatic N) is 3. The SMILES string of the molecule is CNc1nc(NCc2ccco2)c2[nH]cnc2n1. The van der Waals surface area contributed by atoms with Crippen molar-refractivity contribution in [2.45, 2.75) is 6.54 Å². The van der Waals surface area contributed by atoms with Crippen molar-refractivity contribution < 1.29 is 4.42 Å². The highest BCUT2D eigenvalue weighted by atomic mass is 16.3. The molecule has 7 nitrogen and oxygen atoms in total. The molecule has 0 radical (unpaired) electrons. The number of nitrogens with one attached hydrogen (secondary N) is 3. The number of fused-ring (bicyclic) bond motifs is 1. The molecule has 0 amide bonds. The third-order valence-electron chi connectivity index (χ3n) is 2.52. The fourth-order valence-corrected chi connectivity index (χ4v) is 1.66. The summed E-state index contributed by atoms with van der Waals surface area (Å²) in [7, 11) is 1.77. The highest BCUT2D eigenvalue weighted by Gasteiger charge is 2.09. The van der Waals surface area contributed by atoms with E-state index in [1.54, 1.807) is 19.6 Å². The summed E-state index contributed by atoms with van der Waals surface area (Å²) in [4.78, 5) is 15.7. The quantitative estimate of drug-likeness (QED) is 0.645. The summed E-state index contributed by atoms with van der Waals surface area (Å²) in [5.74, 6) is 2.06. The largest absolute Gasteiger partial charge is 0.467 e. The van der Waals surface area contributed by atoms with Gasteiger partial charge in [0.05, 0.1) is 19.1 Å². The average Bonchev–Trinajstić information content (AvgIpc) is 3.06. The molecule has 3 heterocycles. The highest BCUT2D eigenvalue weighted by molar-refractivity contribution is 5.83. The van der Waals surface area contributed by atoms with Gasteiger partial charge in [0, 0.05) is 7.05 Å². The normalized spacial score (nSPS) is 10.7. The van der Waals surface area contributed by atoms with E-state index in [1.165, 1.54) is 0 Å². The maximum absolute atomic E-state index is 5.26. The second kappa shape index (κ2) is 4.36. The topological polar surface area (TPSA) is 91.7 Å². The molecule has 0 saturated heterocycles. The van der Waals surface area contributed by atoms with E-state index in [-0.39, 0.29) is 0 Å². The van der Waals surface area contributed by atoms with Crippen molar-refractivity contribution in [3.05, 3.63) is 30.5 Å². The van der Waals surface area contributed by atoms with Crippen LogP contribution in [0.1, 0.15) is 5.76 Å². The van der Waals surface area contributed by atoms with Crippen LogP contribution >= 0.6 is 0 Å². The van der Waals surface area contributed by atoms with Crippen molar-refractivity contribution in [2.75, 3.05) is 17.7 Å². The molecular formula is C11H12N6O. The number of rotatable bonds is 4. The van der Waals surface area contributed by atoms with Gasteiger partial charge < -0.3 is 20.0 Å². The molecule has 0 bridgehead atoms. The van der Waals surface area contributed by atoms with Crippen LogP contribution in [-0.2, 0) is 6.54 Å². The lowest BCUT2D eigenvalue weighted by Gasteiger charge is -2.06. The molecule has 0 saturated carbocycles. The number of furan rings is 1. The third-order valence-corrected chi connectivity index (χ3v) is 2.52. The zero-order valence-corrected chi connectivity index (χ0v) is 9.77. The van der Waals surface area contributed by atoms with Crippen LogP contribution in [-0.4, -0.2) is 27.0 Å². The second-order valence-electron chi connectivity index (χ2n) is 3.68. The molecule has 0 unspecified atom stereocenters. The Labute approximate surface area is 103 Å². The lowest BCUT2D eigenvalue weighted by Crippen LogP contribution is -2.05. The number of aromatic nitrogens is 4. The van der Waals surface area contributed by atoms with E-state index in [4.69, 9.17) is 4.42 Å². The van der Waals surface area contributed by atoms with Crippen LogP contribution in [0.4, 0.5) is 11.8 Å². The van der Waals surface area contributed by atoms with E-state index >= 15 is 0 Å². The van der Waals surface area contributed by atoms with Gasteiger partial charge in [0.15, 0.2) is 11.5 Å². The van der Waals surface area contributed by atoms with Crippen molar-refractivity contribution in [1.29, 1.82) is 0 Å². The summed E-state index contributed by atoms with van der Waals surface area (Å²) in [6, 6.07) is 3.75.